The number of furan rings is 1. The molecule has 50 heavy (non-hydrogen) atoms. The van der Waals surface area contributed by atoms with Crippen LogP contribution in [0.3, 0.4) is 0 Å². The minimum Gasteiger partial charge on any atom is -0.452 e. The molecule has 0 spiro atoms. The van der Waals surface area contributed by atoms with Crippen LogP contribution in [0.1, 0.15) is 0 Å². The molecule has 0 N–H and O–H groups in total. The molecule has 4 nitrogen and oxygen atoms in total. The molecule has 3 heterocycles. The fraction of sp³-hybridized carbons (Fsp3) is 0. The van der Waals surface area contributed by atoms with Gasteiger partial charge in [0, 0.05) is 27.6 Å². The van der Waals surface area contributed by atoms with Crippen molar-refractivity contribution in [3.05, 3.63) is 176 Å². The summed E-state index contributed by atoms with van der Waals surface area (Å²) in [6, 6.07) is 61.4. The van der Waals surface area contributed by atoms with Gasteiger partial charge in [0.2, 0.25) is 0 Å². The van der Waals surface area contributed by atoms with Gasteiger partial charge in [0.15, 0.2) is 11.4 Å². The Kier molecular flexibility index (Phi) is 6.46. The van der Waals surface area contributed by atoms with Gasteiger partial charge in [-0.25, -0.2) is 9.97 Å². The molecule has 0 aliphatic heterocycles. The van der Waals surface area contributed by atoms with Crippen molar-refractivity contribution in [1.82, 2.24) is 14.5 Å². The van der Waals surface area contributed by atoms with Crippen molar-refractivity contribution in [2.24, 2.45) is 0 Å². The highest BCUT2D eigenvalue weighted by Crippen LogP contribution is 2.42. The van der Waals surface area contributed by atoms with Crippen molar-refractivity contribution in [2.75, 3.05) is 0 Å². The minimum atomic E-state index is 0.674. The van der Waals surface area contributed by atoms with E-state index >= 15 is 0 Å². The van der Waals surface area contributed by atoms with Crippen molar-refractivity contribution in [1.29, 1.82) is 0 Å². The number of benzene rings is 7. The first kappa shape index (κ1) is 28.3. The third kappa shape index (κ3) is 4.46. The number of aromatic nitrogens is 3. The molecule has 10 aromatic rings. The molecule has 7 aromatic carbocycles. The third-order valence-electron chi connectivity index (χ3n) is 9.64. The summed E-state index contributed by atoms with van der Waals surface area (Å²) in [5, 5.41) is 3.48. The molecule has 0 aliphatic rings. The first-order chi connectivity index (χ1) is 24.8. The van der Waals surface area contributed by atoms with E-state index in [4.69, 9.17) is 14.4 Å². The zero-order valence-corrected chi connectivity index (χ0v) is 27.0. The van der Waals surface area contributed by atoms with Crippen molar-refractivity contribution in [3.63, 3.8) is 0 Å². The molecule has 0 bridgehead atoms. The Morgan fingerprint density at radius 2 is 1.00 bits per heavy atom. The van der Waals surface area contributed by atoms with E-state index in [2.05, 4.69) is 138 Å². The molecule has 4 heteroatoms. The van der Waals surface area contributed by atoms with Crippen molar-refractivity contribution >= 4 is 43.9 Å². The van der Waals surface area contributed by atoms with Crippen LogP contribution in [-0.2, 0) is 0 Å². The monoisotopic (exact) mass is 639 g/mol. The van der Waals surface area contributed by atoms with Gasteiger partial charge in [-0.15, -0.1) is 0 Å². The summed E-state index contributed by atoms with van der Waals surface area (Å²) < 4.78 is 8.95. The fourth-order valence-corrected chi connectivity index (χ4v) is 7.38. The zero-order chi connectivity index (χ0) is 33.0. The van der Waals surface area contributed by atoms with E-state index < -0.39 is 0 Å². The SMILES string of the molecule is c1ccc(-c2nc(-c3ccccc3)c3oc4cccc(-c5ccc(-c6cccc7c6c6ccccc6n7-c6ccccc6)cc5)c4c3n2)cc1. The highest BCUT2D eigenvalue weighted by molar-refractivity contribution is 6.16. The van der Waals surface area contributed by atoms with Crippen molar-refractivity contribution < 1.29 is 4.42 Å². The molecule has 234 valence electrons. The van der Waals surface area contributed by atoms with Gasteiger partial charge >= 0.3 is 0 Å². The van der Waals surface area contributed by atoms with Gasteiger partial charge in [0.1, 0.15) is 16.8 Å². The van der Waals surface area contributed by atoms with Crippen LogP contribution in [0.2, 0.25) is 0 Å². The van der Waals surface area contributed by atoms with Crippen LogP contribution in [0.5, 0.6) is 0 Å². The predicted molar refractivity (Wildman–Crippen MR) is 205 cm³/mol. The second kappa shape index (κ2) is 11.4. The number of hydrogen-bond acceptors (Lipinski definition) is 3. The van der Waals surface area contributed by atoms with Gasteiger partial charge in [-0.1, -0.05) is 146 Å². The van der Waals surface area contributed by atoms with E-state index in [-0.39, 0.29) is 0 Å². The smallest absolute Gasteiger partial charge is 0.180 e. The highest BCUT2D eigenvalue weighted by Gasteiger charge is 2.21. The topological polar surface area (TPSA) is 43.9 Å². The number of hydrogen-bond donors (Lipinski definition) is 0. The van der Waals surface area contributed by atoms with Gasteiger partial charge < -0.3 is 8.98 Å². The molecule has 0 unspecified atom stereocenters. The molecular weight excluding hydrogens is 611 g/mol. The summed E-state index contributed by atoms with van der Waals surface area (Å²) in [6.45, 7) is 0. The largest absolute Gasteiger partial charge is 0.452 e. The molecule has 0 radical (unpaired) electrons. The Balaban J connectivity index is 1.15. The lowest BCUT2D eigenvalue weighted by atomic mass is 9.95. The maximum Gasteiger partial charge on any atom is 0.180 e. The maximum atomic E-state index is 6.58. The lowest BCUT2D eigenvalue weighted by molar-refractivity contribution is 0.667. The molecule has 10 rings (SSSR count). The summed E-state index contributed by atoms with van der Waals surface area (Å²) in [4.78, 5) is 10.2. The molecule has 0 amide bonds. The van der Waals surface area contributed by atoms with Crippen LogP contribution in [0.15, 0.2) is 180 Å². The normalized spacial score (nSPS) is 11.6. The minimum absolute atomic E-state index is 0.674. The van der Waals surface area contributed by atoms with Crippen LogP contribution in [0.25, 0.3) is 94.5 Å². The molecular formula is C46H29N3O. The summed E-state index contributed by atoms with van der Waals surface area (Å²) in [5.74, 6) is 0.674. The van der Waals surface area contributed by atoms with Crippen molar-refractivity contribution in [3.8, 4) is 50.6 Å². The Labute approximate surface area is 288 Å². The Morgan fingerprint density at radius 3 is 1.72 bits per heavy atom. The van der Waals surface area contributed by atoms with Crippen LogP contribution < -0.4 is 0 Å². The molecule has 0 fully saturated rings. The quantitative estimate of drug-likeness (QED) is 0.188. The van der Waals surface area contributed by atoms with E-state index in [0.717, 1.165) is 50.1 Å². The molecule has 0 atom stereocenters. The predicted octanol–water partition coefficient (Wildman–Crippen LogP) is 12.1. The first-order valence-corrected chi connectivity index (χ1v) is 16.8. The van der Waals surface area contributed by atoms with E-state index in [9.17, 15) is 0 Å². The zero-order valence-electron chi connectivity index (χ0n) is 27.0. The molecule has 0 saturated heterocycles. The van der Waals surface area contributed by atoms with Crippen LogP contribution >= 0.6 is 0 Å². The Bertz CT molecular complexity index is 2840. The first-order valence-electron chi connectivity index (χ1n) is 16.8. The molecule has 0 aliphatic carbocycles. The van der Waals surface area contributed by atoms with Gasteiger partial charge in [-0.3, -0.25) is 0 Å². The second-order valence-electron chi connectivity index (χ2n) is 12.6. The van der Waals surface area contributed by atoms with Crippen molar-refractivity contribution in [2.45, 2.75) is 0 Å². The highest BCUT2D eigenvalue weighted by atomic mass is 16.3. The third-order valence-corrected chi connectivity index (χ3v) is 9.64. The Morgan fingerprint density at radius 1 is 0.420 bits per heavy atom. The van der Waals surface area contributed by atoms with Gasteiger partial charge in [-0.05, 0) is 52.6 Å². The Hall–Kier alpha value is -6.78. The van der Waals surface area contributed by atoms with Crippen LogP contribution in [0, 0.1) is 0 Å². The average molecular weight is 640 g/mol. The lowest BCUT2D eigenvalue weighted by Crippen LogP contribution is -1.94. The standard InChI is InChI=1S/C46H29N3O/c1-4-14-32(15-5-1)43-45-44(48-46(47-43)33-16-6-2-7-17-33)42-36(22-13-25-40(42)50-45)31-28-26-30(27-29-31)35-21-12-24-39-41(35)37-20-10-11-23-38(37)49(39)34-18-8-3-9-19-34/h1-29H. The van der Waals surface area contributed by atoms with E-state index in [0.29, 0.717) is 11.4 Å². The number of rotatable bonds is 5. The fourth-order valence-electron chi connectivity index (χ4n) is 7.38. The van der Waals surface area contributed by atoms with Gasteiger partial charge in [0.25, 0.3) is 0 Å². The maximum absolute atomic E-state index is 6.58. The van der Waals surface area contributed by atoms with E-state index in [1.54, 1.807) is 0 Å². The molecule has 3 aromatic heterocycles. The lowest BCUT2D eigenvalue weighted by Gasteiger charge is -2.10. The summed E-state index contributed by atoms with van der Waals surface area (Å²) >= 11 is 0. The summed E-state index contributed by atoms with van der Waals surface area (Å²) in [5.41, 5.74) is 13.1. The number of fused-ring (bicyclic) bond motifs is 6. The average Bonchev–Trinajstić information content (AvgIpc) is 3.75. The summed E-state index contributed by atoms with van der Waals surface area (Å²) in [6.07, 6.45) is 0. The van der Waals surface area contributed by atoms with E-state index in [1.165, 1.54) is 32.9 Å². The number of para-hydroxylation sites is 2. The summed E-state index contributed by atoms with van der Waals surface area (Å²) in [7, 11) is 0. The molecule has 0 saturated carbocycles. The number of nitrogens with zero attached hydrogens (tertiary/aromatic N) is 3. The second-order valence-corrected chi connectivity index (χ2v) is 12.6. The van der Waals surface area contributed by atoms with Gasteiger partial charge in [0.05, 0.1) is 16.4 Å². The van der Waals surface area contributed by atoms with Crippen LogP contribution in [-0.4, -0.2) is 14.5 Å². The van der Waals surface area contributed by atoms with E-state index in [1.807, 2.05) is 42.5 Å². The van der Waals surface area contributed by atoms with Gasteiger partial charge in [-0.2, -0.15) is 0 Å². The van der Waals surface area contributed by atoms with Crippen LogP contribution in [0.4, 0.5) is 0 Å².